The van der Waals surface area contributed by atoms with E-state index in [1.165, 1.54) is 4.90 Å². The van der Waals surface area contributed by atoms with Crippen LogP contribution in [0, 0.1) is 34.5 Å². The van der Waals surface area contributed by atoms with Crippen molar-refractivity contribution >= 4 is 35.6 Å². The van der Waals surface area contributed by atoms with E-state index < -0.39 is 60.1 Å². The van der Waals surface area contributed by atoms with Gasteiger partial charge in [0.25, 0.3) is 0 Å². The Labute approximate surface area is 365 Å². The Morgan fingerprint density at radius 1 is 0.935 bits per heavy atom. The Hall–Kier alpha value is -4.28. The summed E-state index contributed by atoms with van der Waals surface area (Å²) in [7, 11) is 1.83. The second-order valence-corrected chi connectivity index (χ2v) is 19.4. The van der Waals surface area contributed by atoms with E-state index in [0.29, 0.717) is 62.6 Å². The molecule has 4 amide bonds. The summed E-state index contributed by atoms with van der Waals surface area (Å²) >= 11 is 0. The number of guanidine groups is 1. The monoisotopic (exact) mass is 864 g/mol. The average molecular weight is 864 g/mol. The number of carboxylic acids is 1. The Kier molecular flexibility index (Phi) is 14.2. The van der Waals surface area contributed by atoms with E-state index in [1.54, 1.807) is 0 Å². The molecule has 0 radical (unpaired) electrons. The van der Waals surface area contributed by atoms with Crippen molar-refractivity contribution in [3.05, 3.63) is 35.9 Å². The molecule has 1 spiro atoms. The fourth-order valence-electron chi connectivity index (χ4n) is 12.7. The number of hydrogen-bond acceptors (Lipinski definition) is 9. The maximum atomic E-state index is 14.7. The van der Waals surface area contributed by atoms with Crippen LogP contribution in [-0.2, 0) is 44.7 Å². The third-order valence-corrected chi connectivity index (χ3v) is 16.0. The number of benzene rings is 1. The summed E-state index contributed by atoms with van der Waals surface area (Å²) in [6.07, 6.45) is 9.89. The molecule has 62 heavy (non-hydrogen) atoms. The molecule has 16 heteroatoms. The van der Waals surface area contributed by atoms with E-state index in [-0.39, 0.29) is 54.7 Å². The number of rotatable bonds is 15. The number of carboxylic acid groups (broad SMARTS) is 1. The lowest BCUT2D eigenvalue weighted by Gasteiger charge is -2.66. The number of carbonyl (C=O) groups excluding carboxylic acids is 4. The number of fused-ring (bicyclic) bond motifs is 6. The molecule has 0 aromatic heterocycles. The number of likely N-dealkylation sites (tertiary alicyclic amines) is 1. The zero-order valence-electron chi connectivity index (χ0n) is 36.8. The van der Waals surface area contributed by atoms with Crippen LogP contribution in [0.3, 0.4) is 0 Å². The predicted molar refractivity (Wildman–Crippen MR) is 230 cm³/mol. The topological polar surface area (TPSA) is 237 Å². The first-order valence-corrected chi connectivity index (χ1v) is 23.0. The van der Waals surface area contributed by atoms with Crippen LogP contribution in [0.25, 0.3) is 0 Å². The number of aliphatic imine (C=N–C) groups is 1. The maximum Gasteiger partial charge on any atom is 0.305 e. The number of carbonyl (C=O) groups is 5. The lowest BCUT2D eigenvalue weighted by molar-refractivity contribution is -0.348. The summed E-state index contributed by atoms with van der Waals surface area (Å²) in [6.45, 7) is 6.01. The molecule has 6 fully saturated rings. The Balaban J connectivity index is 1.08. The van der Waals surface area contributed by atoms with Crippen LogP contribution >= 0.6 is 0 Å². The number of ether oxygens (including phenoxy) is 3. The summed E-state index contributed by atoms with van der Waals surface area (Å²) in [6, 6.07) is 5.76. The van der Waals surface area contributed by atoms with Gasteiger partial charge in [-0.2, -0.15) is 0 Å². The highest BCUT2D eigenvalue weighted by atomic mass is 16.7. The second-order valence-electron chi connectivity index (χ2n) is 19.4. The molecule has 3 saturated carbocycles. The summed E-state index contributed by atoms with van der Waals surface area (Å²) in [5.41, 5.74) is 12.0. The largest absolute Gasteiger partial charge is 0.481 e. The molecule has 3 heterocycles. The van der Waals surface area contributed by atoms with Gasteiger partial charge in [0.15, 0.2) is 11.7 Å². The van der Waals surface area contributed by atoms with Crippen LogP contribution in [0.4, 0.5) is 0 Å². The van der Waals surface area contributed by atoms with Crippen molar-refractivity contribution in [3.63, 3.8) is 0 Å². The SMILES string of the molecule is CO[C@H]1CC[C@@]2(C)[C@@H](CC[C@@H]3[C@@H]2CC[C@@]2(C)[C@H]3C[C@H](C(=O)N[C@@H](CCCN=C(N)N)C(=O)N3CCC[C@H]3C(=O)N[C@@H](CC(=O)O)C(=O)NCc3ccccc3)O[C@]23CCCO3)C1. The molecule has 8 N–H and O–H groups in total. The molecule has 3 saturated heterocycles. The zero-order valence-corrected chi connectivity index (χ0v) is 36.8. The minimum Gasteiger partial charge on any atom is -0.481 e. The van der Waals surface area contributed by atoms with E-state index in [4.69, 9.17) is 25.7 Å². The van der Waals surface area contributed by atoms with E-state index in [1.807, 2.05) is 37.4 Å². The van der Waals surface area contributed by atoms with E-state index >= 15 is 0 Å². The number of hydrogen-bond donors (Lipinski definition) is 6. The van der Waals surface area contributed by atoms with Crippen LogP contribution < -0.4 is 27.4 Å². The molecule has 342 valence electrons. The minimum absolute atomic E-state index is 0.0853. The molecule has 12 atom stereocenters. The Morgan fingerprint density at radius 3 is 2.42 bits per heavy atom. The third kappa shape index (κ3) is 9.33. The van der Waals surface area contributed by atoms with Crippen molar-refractivity contribution in [2.45, 2.75) is 153 Å². The fraction of sp³-hybridized carbons (Fsp3) is 0.739. The van der Waals surface area contributed by atoms with Crippen molar-refractivity contribution in [2.75, 3.05) is 26.8 Å². The standard InChI is InChI=1S/C46H69N7O9/c1-44-19-16-30(60-3)24-29(44)14-15-31-32(44)17-20-45(2)33(31)25-37(62-46(45)18-9-23-61-46)41(58)51-34(12-7-21-49-43(47)48)42(59)53-22-8-13-36(53)40(57)52-35(26-38(54)55)39(56)50-27-28-10-5-4-6-11-28/h4-6,10-11,29-37H,7-9,12-27H2,1-3H3,(H,50,56)(H,51,58)(H,52,57)(H,54,55)(H4,47,48,49)/t29-,30-,31+,32-,33-,34-,35-,36-,37+,44-,45-,46+/m0/s1. The normalized spacial score (nSPS) is 34.8. The quantitative estimate of drug-likeness (QED) is 0.0850. The van der Waals surface area contributed by atoms with Crippen LogP contribution in [0.2, 0.25) is 0 Å². The van der Waals surface area contributed by atoms with Gasteiger partial charge >= 0.3 is 5.97 Å². The first-order chi connectivity index (χ1) is 29.7. The molecular weight excluding hydrogens is 795 g/mol. The highest BCUT2D eigenvalue weighted by Crippen LogP contribution is 2.68. The molecule has 16 nitrogen and oxygen atoms in total. The molecule has 1 aromatic carbocycles. The first-order valence-electron chi connectivity index (χ1n) is 23.0. The van der Waals surface area contributed by atoms with E-state index in [9.17, 15) is 29.1 Å². The van der Waals surface area contributed by atoms with Crippen molar-refractivity contribution in [3.8, 4) is 0 Å². The van der Waals surface area contributed by atoms with Crippen LogP contribution in [0.1, 0.15) is 116 Å². The predicted octanol–water partition coefficient (Wildman–Crippen LogP) is 3.35. The number of amides is 4. The van der Waals surface area contributed by atoms with Gasteiger partial charge in [-0.1, -0.05) is 44.2 Å². The van der Waals surface area contributed by atoms with Crippen LogP contribution in [-0.4, -0.2) is 108 Å². The molecule has 0 bridgehead atoms. The first kappa shape index (κ1) is 45.7. The van der Waals surface area contributed by atoms with Gasteiger partial charge in [0.05, 0.1) is 19.1 Å². The minimum atomic E-state index is -1.37. The van der Waals surface area contributed by atoms with Crippen LogP contribution in [0.15, 0.2) is 35.3 Å². The van der Waals surface area contributed by atoms with Crippen molar-refractivity contribution in [1.82, 2.24) is 20.9 Å². The number of nitrogens with zero attached hydrogens (tertiary/aromatic N) is 2. The summed E-state index contributed by atoms with van der Waals surface area (Å²) in [5.74, 6) is -2.62. The van der Waals surface area contributed by atoms with E-state index in [0.717, 1.165) is 56.9 Å². The van der Waals surface area contributed by atoms with Crippen LogP contribution in [0.5, 0.6) is 0 Å². The second kappa shape index (κ2) is 19.2. The number of nitrogens with two attached hydrogens (primary N) is 2. The van der Waals surface area contributed by atoms with Gasteiger partial charge in [0, 0.05) is 38.6 Å². The average Bonchev–Trinajstić information content (AvgIpc) is 3.95. The molecular formula is C46H69N7O9. The van der Waals surface area contributed by atoms with E-state index in [2.05, 4.69) is 34.8 Å². The smallest absolute Gasteiger partial charge is 0.305 e. The summed E-state index contributed by atoms with van der Waals surface area (Å²) in [4.78, 5) is 73.7. The molecule has 0 unspecified atom stereocenters. The van der Waals surface area contributed by atoms with Gasteiger partial charge < -0.3 is 51.6 Å². The van der Waals surface area contributed by atoms with Gasteiger partial charge in [-0.3, -0.25) is 29.0 Å². The van der Waals surface area contributed by atoms with Gasteiger partial charge in [-0.25, -0.2) is 0 Å². The van der Waals surface area contributed by atoms with Gasteiger partial charge in [0.2, 0.25) is 23.6 Å². The van der Waals surface area contributed by atoms with Gasteiger partial charge in [0.1, 0.15) is 24.2 Å². The number of nitrogens with one attached hydrogen (secondary N) is 3. The lowest BCUT2D eigenvalue weighted by atomic mass is 9.42. The third-order valence-electron chi connectivity index (χ3n) is 16.0. The van der Waals surface area contributed by atoms with Gasteiger partial charge in [-0.05, 0) is 118 Å². The highest BCUT2D eigenvalue weighted by molar-refractivity contribution is 5.96. The maximum absolute atomic E-state index is 14.7. The molecule has 1 aromatic rings. The number of aliphatic carboxylic acids is 1. The van der Waals surface area contributed by atoms with Crippen molar-refractivity contribution < 1.29 is 43.3 Å². The zero-order chi connectivity index (χ0) is 44.2. The van der Waals surface area contributed by atoms with Crippen molar-refractivity contribution in [2.24, 2.45) is 51.0 Å². The Bertz CT molecular complexity index is 1820. The number of methoxy groups -OCH3 is 1. The summed E-state index contributed by atoms with van der Waals surface area (Å²) in [5, 5.41) is 18.0. The summed E-state index contributed by atoms with van der Waals surface area (Å²) < 4.78 is 19.4. The van der Waals surface area contributed by atoms with Crippen molar-refractivity contribution in [1.29, 1.82) is 0 Å². The molecule has 3 aliphatic heterocycles. The Morgan fingerprint density at radius 2 is 1.71 bits per heavy atom. The molecule has 7 rings (SSSR count). The lowest BCUT2D eigenvalue weighted by Crippen LogP contribution is -2.66. The highest BCUT2D eigenvalue weighted by Gasteiger charge is 2.67. The molecule has 3 aliphatic carbocycles. The van der Waals surface area contributed by atoms with Gasteiger partial charge in [-0.15, -0.1) is 0 Å². The molecule has 6 aliphatic rings. The fourth-order valence-corrected chi connectivity index (χ4v) is 12.7.